The summed E-state index contributed by atoms with van der Waals surface area (Å²) in [6.07, 6.45) is 0. The van der Waals surface area contributed by atoms with Crippen molar-refractivity contribution in [3.05, 3.63) is 67.1 Å². The molecule has 1 N–H and O–H groups in total. The van der Waals surface area contributed by atoms with Crippen LogP contribution < -0.4 is 11.2 Å². The summed E-state index contributed by atoms with van der Waals surface area (Å²) < 4.78 is 37.4. The van der Waals surface area contributed by atoms with E-state index in [2.05, 4.69) is 0 Å². The Hall–Kier alpha value is -2.82. The third kappa shape index (κ3) is 2.33. The lowest BCUT2D eigenvalue weighted by Gasteiger charge is -2.05. The van der Waals surface area contributed by atoms with E-state index in [1.54, 1.807) is 0 Å². The smallest absolute Gasteiger partial charge is 0.358 e. The lowest BCUT2D eigenvalue weighted by molar-refractivity contribution is -0.392. The van der Waals surface area contributed by atoms with Gasteiger partial charge >= 0.3 is 17.1 Å². The summed E-state index contributed by atoms with van der Waals surface area (Å²) in [6, 6.07) is 6.31. The van der Waals surface area contributed by atoms with Crippen LogP contribution in [-0.2, 0) is 10.0 Å². The van der Waals surface area contributed by atoms with Gasteiger partial charge in [-0.25, -0.2) is 13.2 Å². The zero-order valence-electron chi connectivity index (χ0n) is 10.0. The highest BCUT2D eigenvalue weighted by Crippen LogP contribution is 2.11. The molecule has 0 spiro atoms. The van der Waals surface area contributed by atoms with Crippen molar-refractivity contribution in [3.63, 3.8) is 0 Å². The van der Waals surface area contributed by atoms with Gasteiger partial charge in [-0.05, 0) is 17.1 Å². The number of nitrogens with one attached hydrogen (secondary N) is 1. The Morgan fingerprint density at radius 2 is 1.76 bits per heavy atom. The zero-order chi connectivity index (χ0) is 15.8. The van der Waals surface area contributed by atoms with Gasteiger partial charge in [0.1, 0.15) is 0 Å². The van der Waals surface area contributed by atoms with Gasteiger partial charge in [-0.15, -0.1) is 3.97 Å². The van der Waals surface area contributed by atoms with E-state index in [0.717, 1.165) is 12.1 Å². The number of nitrogens with zero attached hydrogens (tertiary/aromatic N) is 2. The van der Waals surface area contributed by atoms with Crippen LogP contribution in [0, 0.1) is 15.9 Å². The highest BCUT2D eigenvalue weighted by Gasteiger charge is 2.29. The molecule has 2 aromatic rings. The van der Waals surface area contributed by atoms with Gasteiger partial charge in [0.05, 0.1) is 4.90 Å². The minimum Gasteiger partial charge on any atom is -0.358 e. The van der Waals surface area contributed by atoms with E-state index in [4.69, 9.17) is 0 Å². The molecule has 1 aromatic carbocycles. The van der Waals surface area contributed by atoms with Gasteiger partial charge in [-0.1, -0.05) is 18.2 Å². The second kappa shape index (κ2) is 4.94. The van der Waals surface area contributed by atoms with Crippen LogP contribution in [0.3, 0.4) is 0 Å². The summed E-state index contributed by atoms with van der Waals surface area (Å²) in [5, 5.41) is 10.5. The highest BCUT2D eigenvalue weighted by atomic mass is 32.2. The molecule has 11 heteroatoms. The number of hydrogen-bond donors (Lipinski definition) is 1. The van der Waals surface area contributed by atoms with Crippen molar-refractivity contribution in [3.8, 4) is 0 Å². The van der Waals surface area contributed by atoms with Crippen molar-refractivity contribution >= 4 is 15.8 Å². The minimum absolute atomic E-state index is 0.398. The number of aromatic nitrogens is 2. The summed E-state index contributed by atoms with van der Waals surface area (Å²) >= 11 is 0. The van der Waals surface area contributed by atoms with Gasteiger partial charge < -0.3 is 10.1 Å². The normalized spacial score (nSPS) is 11.3. The van der Waals surface area contributed by atoms with Crippen molar-refractivity contribution in [2.24, 2.45) is 0 Å². The molecule has 0 unspecified atom stereocenters. The van der Waals surface area contributed by atoms with E-state index >= 15 is 0 Å². The number of halogens is 1. The standard InChI is InChI=1S/C10H6FN3O6S/c11-7-8(14(17)18)12-10(16)13(9(7)15)21(19,20)6-4-2-1-3-5-6/h1-5H,(H,12,16). The molecular weight excluding hydrogens is 309 g/mol. The monoisotopic (exact) mass is 315 g/mol. The maximum absolute atomic E-state index is 13.5. The van der Waals surface area contributed by atoms with Crippen LogP contribution >= 0.6 is 0 Å². The lowest BCUT2D eigenvalue weighted by Crippen LogP contribution is -2.42. The second-order valence-corrected chi connectivity index (χ2v) is 5.52. The fourth-order valence-corrected chi connectivity index (χ4v) is 2.81. The second-order valence-electron chi connectivity index (χ2n) is 3.74. The van der Waals surface area contributed by atoms with Gasteiger partial charge in [0.15, 0.2) is 0 Å². The van der Waals surface area contributed by atoms with Crippen molar-refractivity contribution < 1.29 is 17.7 Å². The Balaban J connectivity index is 2.84. The van der Waals surface area contributed by atoms with Gasteiger partial charge in [-0.3, -0.25) is 4.79 Å². The van der Waals surface area contributed by atoms with E-state index < -0.39 is 46.7 Å². The van der Waals surface area contributed by atoms with Crippen molar-refractivity contribution in [1.82, 2.24) is 8.96 Å². The van der Waals surface area contributed by atoms with Crippen molar-refractivity contribution in [2.75, 3.05) is 0 Å². The predicted molar refractivity (Wildman–Crippen MR) is 67.0 cm³/mol. The molecule has 1 aromatic heterocycles. The van der Waals surface area contributed by atoms with Gasteiger partial charge in [0.2, 0.25) is 0 Å². The van der Waals surface area contributed by atoms with Gasteiger partial charge in [0.25, 0.3) is 15.8 Å². The van der Waals surface area contributed by atoms with E-state index in [1.807, 2.05) is 0 Å². The van der Waals surface area contributed by atoms with Crippen molar-refractivity contribution in [2.45, 2.75) is 4.90 Å². The Kier molecular flexibility index (Phi) is 3.43. The number of nitro groups is 1. The molecule has 0 radical (unpaired) electrons. The molecular formula is C10H6FN3O6S. The molecule has 21 heavy (non-hydrogen) atoms. The Morgan fingerprint density at radius 3 is 2.29 bits per heavy atom. The first-order valence-electron chi connectivity index (χ1n) is 5.26. The molecule has 0 atom stereocenters. The minimum atomic E-state index is -4.67. The van der Waals surface area contributed by atoms with E-state index in [9.17, 15) is 32.5 Å². The number of hydrogen-bond acceptors (Lipinski definition) is 6. The largest absolute Gasteiger partial charge is 0.430 e. The number of rotatable bonds is 3. The van der Waals surface area contributed by atoms with Crippen LogP contribution in [0.4, 0.5) is 10.2 Å². The highest BCUT2D eigenvalue weighted by molar-refractivity contribution is 7.89. The molecule has 0 amide bonds. The maximum atomic E-state index is 13.5. The van der Waals surface area contributed by atoms with E-state index in [1.165, 1.54) is 23.2 Å². The van der Waals surface area contributed by atoms with Gasteiger partial charge in [0, 0.05) is 0 Å². The Bertz CT molecular complexity index is 932. The fourth-order valence-electron chi connectivity index (χ4n) is 1.53. The average molecular weight is 315 g/mol. The quantitative estimate of drug-likeness (QED) is 0.617. The average Bonchev–Trinajstić information content (AvgIpc) is 2.43. The van der Waals surface area contributed by atoms with Crippen LogP contribution in [-0.4, -0.2) is 22.3 Å². The van der Waals surface area contributed by atoms with Crippen LogP contribution in [0.5, 0.6) is 0 Å². The zero-order valence-corrected chi connectivity index (χ0v) is 10.8. The first-order valence-corrected chi connectivity index (χ1v) is 6.70. The molecule has 1 heterocycles. The van der Waals surface area contributed by atoms with Crippen LogP contribution in [0.25, 0.3) is 0 Å². The molecule has 110 valence electrons. The first-order chi connectivity index (χ1) is 9.76. The Morgan fingerprint density at radius 1 is 1.19 bits per heavy atom. The molecule has 0 saturated heterocycles. The van der Waals surface area contributed by atoms with Crippen LogP contribution in [0.1, 0.15) is 0 Å². The summed E-state index contributed by atoms with van der Waals surface area (Å²) in [6.45, 7) is 0. The van der Waals surface area contributed by atoms with Crippen molar-refractivity contribution in [1.29, 1.82) is 0 Å². The summed E-state index contributed by atoms with van der Waals surface area (Å²) in [7, 11) is -4.67. The summed E-state index contributed by atoms with van der Waals surface area (Å²) in [5.74, 6) is -3.47. The lowest BCUT2D eigenvalue weighted by atomic mass is 10.4. The maximum Gasteiger partial charge on any atom is 0.430 e. The molecule has 0 aliphatic carbocycles. The SMILES string of the molecule is O=c1[nH]c([N+](=O)[O-])c(F)c(=O)n1S(=O)(=O)c1ccccc1. The molecule has 0 fully saturated rings. The summed E-state index contributed by atoms with van der Waals surface area (Å²) in [5.41, 5.74) is -3.55. The molecule has 0 bridgehead atoms. The molecule has 0 saturated carbocycles. The van der Waals surface area contributed by atoms with Crippen LogP contribution in [0.15, 0.2) is 44.8 Å². The number of benzene rings is 1. The molecule has 2 rings (SSSR count). The fraction of sp³-hybridized carbons (Fsp3) is 0. The topological polar surface area (TPSA) is 132 Å². The number of aromatic amines is 1. The third-order valence-corrected chi connectivity index (χ3v) is 4.13. The van der Waals surface area contributed by atoms with Crippen LogP contribution in [0.2, 0.25) is 0 Å². The number of H-pyrrole nitrogens is 1. The van der Waals surface area contributed by atoms with E-state index in [-0.39, 0.29) is 0 Å². The third-order valence-electron chi connectivity index (χ3n) is 2.45. The van der Waals surface area contributed by atoms with E-state index in [0.29, 0.717) is 0 Å². The predicted octanol–water partition coefficient (Wildman–Crippen LogP) is -0.179. The molecule has 0 aliphatic heterocycles. The molecule has 9 nitrogen and oxygen atoms in total. The molecule has 0 aliphatic rings. The first kappa shape index (κ1) is 14.6. The van der Waals surface area contributed by atoms with Gasteiger partial charge in [-0.2, -0.15) is 9.37 Å². The Labute approximate surface area is 115 Å². The summed E-state index contributed by atoms with van der Waals surface area (Å²) in [4.78, 5) is 33.3.